The van der Waals surface area contributed by atoms with E-state index in [1.54, 1.807) is 4.90 Å². The Hall–Kier alpha value is 1.05. The standard InChI is InChI=1S/C3H7NS2.Hg/c1-4(2)3(5)6;/h1-2H3,(H,5,6);/q;+1/p-1. The molecular formula is C3H6HgNS2. The summed E-state index contributed by atoms with van der Waals surface area (Å²) < 4.78 is 0.509. The molecule has 1 nitrogen and oxygen atoms in total. The third-order valence-corrected chi connectivity index (χ3v) is 1.10. The number of thiocarbonyl (C=S) groups is 1. The molecule has 7 heavy (non-hydrogen) atoms. The molecule has 0 aliphatic heterocycles. The molecule has 0 fully saturated rings. The average Bonchev–Trinajstić information content (AvgIpc) is 1.36. The van der Waals surface area contributed by atoms with E-state index in [9.17, 15) is 0 Å². The molecule has 0 saturated heterocycles. The van der Waals surface area contributed by atoms with Crippen LogP contribution in [0, 0.1) is 0 Å². The third-order valence-electron chi connectivity index (χ3n) is 0.365. The average molecular weight is 321 g/mol. The number of nitrogens with zero attached hydrogens (tertiary/aromatic N) is 1. The summed E-state index contributed by atoms with van der Waals surface area (Å²) in [4.78, 5) is 1.71. The molecule has 1 radical (unpaired) electrons. The summed E-state index contributed by atoms with van der Waals surface area (Å²) in [5, 5.41) is 0. The zero-order valence-electron chi connectivity index (χ0n) is 4.47. The molecule has 0 rings (SSSR count). The molecule has 0 aliphatic rings. The first-order valence-corrected chi connectivity index (χ1v) is 2.34. The van der Waals surface area contributed by atoms with E-state index >= 15 is 0 Å². The van der Waals surface area contributed by atoms with E-state index in [0.29, 0.717) is 4.32 Å². The van der Waals surface area contributed by atoms with Gasteiger partial charge in [-0.25, -0.2) is 0 Å². The van der Waals surface area contributed by atoms with E-state index in [4.69, 9.17) is 0 Å². The van der Waals surface area contributed by atoms with E-state index in [1.807, 2.05) is 14.1 Å². The van der Waals surface area contributed by atoms with Crippen molar-refractivity contribution in [2.75, 3.05) is 14.1 Å². The molecule has 0 saturated carbocycles. The van der Waals surface area contributed by atoms with Gasteiger partial charge >= 0.3 is 27.7 Å². The Morgan fingerprint density at radius 3 is 1.71 bits per heavy atom. The van der Waals surface area contributed by atoms with Crippen LogP contribution >= 0.6 is 12.2 Å². The van der Waals surface area contributed by atoms with Crippen molar-refractivity contribution in [3.63, 3.8) is 0 Å². The van der Waals surface area contributed by atoms with Gasteiger partial charge < -0.3 is 29.7 Å². The van der Waals surface area contributed by atoms with E-state index in [2.05, 4.69) is 24.8 Å². The van der Waals surface area contributed by atoms with Crippen molar-refractivity contribution in [2.24, 2.45) is 0 Å². The van der Waals surface area contributed by atoms with Gasteiger partial charge in [0.15, 0.2) is 0 Å². The van der Waals surface area contributed by atoms with Crippen molar-refractivity contribution in [3.8, 4) is 0 Å². The molecule has 0 bridgehead atoms. The van der Waals surface area contributed by atoms with Gasteiger partial charge in [0, 0.05) is 14.1 Å². The first-order chi connectivity index (χ1) is 2.64. The van der Waals surface area contributed by atoms with Crippen LogP contribution in [0.2, 0.25) is 0 Å². The van der Waals surface area contributed by atoms with Crippen molar-refractivity contribution in [1.82, 2.24) is 4.90 Å². The van der Waals surface area contributed by atoms with Gasteiger partial charge in [-0.05, 0) is 0 Å². The minimum Gasteiger partial charge on any atom is -0.411 e. The van der Waals surface area contributed by atoms with Gasteiger partial charge in [0.25, 0.3) is 0 Å². The van der Waals surface area contributed by atoms with Crippen LogP contribution in [0.5, 0.6) is 0 Å². The van der Waals surface area contributed by atoms with Crippen LogP contribution in [0.15, 0.2) is 0 Å². The Morgan fingerprint density at radius 1 is 1.57 bits per heavy atom. The smallest absolute Gasteiger partial charge is 0.411 e. The minimum absolute atomic E-state index is 0. The predicted octanol–water partition coefficient (Wildman–Crippen LogP) is 0.377. The first-order valence-electron chi connectivity index (χ1n) is 1.53. The fourth-order valence-electron chi connectivity index (χ4n) is 0. The zero-order chi connectivity index (χ0) is 5.15. The summed E-state index contributed by atoms with van der Waals surface area (Å²) in [5.41, 5.74) is 0. The third kappa shape index (κ3) is 7.05. The number of hydrogen-bond acceptors (Lipinski definition) is 2. The van der Waals surface area contributed by atoms with Crippen molar-refractivity contribution in [3.05, 3.63) is 0 Å². The molecule has 0 N–H and O–H groups in total. The van der Waals surface area contributed by atoms with Crippen molar-refractivity contribution in [1.29, 1.82) is 0 Å². The van der Waals surface area contributed by atoms with Crippen LogP contribution in [0.4, 0.5) is 0 Å². The van der Waals surface area contributed by atoms with E-state index < -0.39 is 0 Å². The van der Waals surface area contributed by atoms with Crippen LogP contribution in [-0.4, -0.2) is 23.3 Å². The van der Waals surface area contributed by atoms with Crippen LogP contribution in [0.3, 0.4) is 0 Å². The molecule has 0 spiro atoms. The quantitative estimate of drug-likeness (QED) is 0.361. The van der Waals surface area contributed by atoms with Gasteiger partial charge in [-0.2, -0.15) is 0 Å². The van der Waals surface area contributed by atoms with Gasteiger partial charge in [0.05, 0.1) is 0 Å². The normalized spacial score (nSPS) is 6.57. The molecule has 37 valence electrons. The van der Waals surface area contributed by atoms with Gasteiger partial charge in [-0.3, -0.25) is 0 Å². The van der Waals surface area contributed by atoms with Gasteiger partial charge in [-0.1, -0.05) is 4.32 Å². The molecule has 0 heterocycles. The van der Waals surface area contributed by atoms with Crippen LogP contribution < -0.4 is 0 Å². The molecule has 0 aromatic carbocycles. The zero-order valence-corrected chi connectivity index (χ0v) is 11.6. The van der Waals surface area contributed by atoms with E-state index in [1.165, 1.54) is 0 Å². The van der Waals surface area contributed by atoms with E-state index in [0.717, 1.165) is 0 Å². The Balaban J connectivity index is 0. The fraction of sp³-hybridized carbons (Fsp3) is 0.667. The molecule has 0 amide bonds. The molecule has 0 atom stereocenters. The maximum atomic E-state index is 4.56. The Kier molecular flexibility index (Phi) is 8.10. The second-order valence-corrected chi connectivity index (χ2v) is 2.19. The van der Waals surface area contributed by atoms with Gasteiger partial charge in [0.1, 0.15) is 0 Å². The monoisotopic (exact) mass is 322 g/mol. The topological polar surface area (TPSA) is 3.24 Å². The molecule has 4 heteroatoms. The molecule has 0 unspecified atom stereocenters. The number of rotatable bonds is 0. The summed E-state index contributed by atoms with van der Waals surface area (Å²) in [6.07, 6.45) is 0. The van der Waals surface area contributed by atoms with Crippen LogP contribution in [0.25, 0.3) is 0 Å². The van der Waals surface area contributed by atoms with Crippen molar-refractivity contribution in [2.45, 2.75) is 0 Å². The van der Waals surface area contributed by atoms with Crippen molar-refractivity contribution >= 4 is 29.2 Å². The second-order valence-electron chi connectivity index (χ2n) is 1.16. The van der Waals surface area contributed by atoms with E-state index in [-0.39, 0.29) is 27.7 Å². The summed E-state index contributed by atoms with van der Waals surface area (Å²) in [5.74, 6) is 0. The van der Waals surface area contributed by atoms with Crippen LogP contribution in [0.1, 0.15) is 0 Å². The predicted molar refractivity (Wildman–Crippen MR) is 33.6 cm³/mol. The van der Waals surface area contributed by atoms with Crippen molar-refractivity contribution < 1.29 is 27.7 Å². The molecular weight excluding hydrogens is 315 g/mol. The number of hydrogen-bond donors (Lipinski definition) is 0. The maximum Gasteiger partial charge on any atom is 1.00 e. The van der Waals surface area contributed by atoms with Crippen LogP contribution in [-0.2, 0) is 40.3 Å². The first kappa shape index (κ1) is 10.9. The molecule has 0 aliphatic carbocycles. The Morgan fingerprint density at radius 2 is 1.71 bits per heavy atom. The Labute approximate surface area is 75.4 Å². The maximum absolute atomic E-state index is 4.56. The summed E-state index contributed by atoms with van der Waals surface area (Å²) in [6, 6.07) is 0. The SMILES string of the molecule is CN(C)C(=S)[S-].[Hg+]. The second kappa shape index (κ2) is 5.19. The molecule has 0 aromatic heterocycles. The summed E-state index contributed by atoms with van der Waals surface area (Å²) >= 11 is 9.12. The fourth-order valence-corrected chi connectivity index (χ4v) is 0. The summed E-state index contributed by atoms with van der Waals surface area (Å²) in [7, 11) is 3.66. The minimum atomic E-state index is 0. The molecule has 0 aromatic rings. The van der Waals surface area contributed by atoms with Gasteiger partial charge in [0.2, 0.25) is 0 Å². The van der Waals surface area contributed by atoms with Gasteiger partial charge in [-0.15, -0.1) is 0 Å². The largest absolute Gasteiger partial charge is 1.00 e. The summed E-state index contributed by atoms with van der Waals surface area (Å²) in [6.45, 7) is 0. The Bertz CT molecular complexity index is 64.0.